The summed E-state index contributed by atoms with van der Waals surface area (Å²) in [7, 11) is 3.33. The average Bonchev–Trinajstić information content (AvgIpc) is 2.92. The van der Waals surface area contributed by atoms with Crippen molar-refractivity contribution in [3.8, 4) is 22.6 Å². The molecule has 0 saturated carbocycles. The highest BCUT2D eigenvalue weighted by Gasteiger charge is 2.11. The maximum Gasteiger partial charge on any atom is 0.244 e. The minimum atomic E-state index is -0.0978. The summed E-state index contributed by atoms with van der Waals surface area (Å²) < 4.78 is 10.7. The lowest BCUT2D eigenvalue weighted by Crippen LogP contribution is -2.31. The fraction of sp³-hybridized carbons (Fsp3) is 0.226. The van der Waals surface area contributed by atoms with Crippen LogP contribution in [0.3, 0.4) is 0 Å². The number of pyridine rings is 1. The molecule has 1 N–H and O–H groups in total. The zero-order chi connectivity index (χ0) is 25.3. The molecule has 1 aromatic heterocycles. The Morgan fingerprint density at radius 1 is 1.00 bits per heavy atom. The number of amides is 1. The van der Waals surface area contributed by atoms with Crippen molar-refractivity contribution in [1.29, 1.82) is 0 Å². The monoisotopic (exact) mass is 480 g/mol. The van der Waals surface area contributed by atoms with Crippen LogP contribution in [-0.2, 0) is 11.2 Å². The molecule has 5 nitrogen and oxygen atoms in total. The zero-order valence-corrected chi connectivity index (χ0v) is 21.0. The van der Waals surface area contributed by atoms with E-state index in [1.54, 1.807) is 26.5 Å². The second-order valence-corrected chi connectivity index (χ2v) is 8.84. The van der Waals surface area contributed by atoms with Gasteiger partial charge in [-0.2, -0.15) is 0 Å². The topological polar surface area (TPSA) is 60.5 Å². The molecule has 184 valence electrons. The van der Waals surface area contributed by atoms with E-state index in [0.29, 0.717) is 0 Å². The number of carbonyl (C=O) groups excluding carboxylic acids is 1. The maximum atomic E-state index is 12.7. The number of ether oxygens (including phenoxy) is 2. The van der Waals surface area contributed by atoms with Crippen LogP contribution in [0.25, 0.3) is 28.0 Å². The summed E-state index contributed by atoms with van der Waals surface area (Å²) in [6.07, 6.45) is 10.0. The smallest absolute Gasteiger partial charge is 0.244 e. The first-order valence-electron chi connectivity index (χ1n) is 12.2. The fourth-order valence-corrected chi connectivity index (χ4v) is 4.36. The summed E-state index contributed by atoms with van der Waals surface area (Å²) in [4.78, 5) is 16.9. The molecule has 4 aromatic rings. The molecule has 0 bridgehead atoms. The lowest BCUT2D eigenvalue weighted by atomic mass is 9.92. The second-order valence-electron chi connectivity index (χ2n) is 8.84. The predicted molar refractivity (Wildman–Crippen MR) is 146 cm³/mol. The van der Waals surface area contributed by atoms with Crippen LogP contribution in [-0.4, -0.2) is 31.2 Å². The Morgan fingerprint density at radius 3 is 2.50 bits per heavy atom. The Morgan fingerprint density at radius 2 is 1.78 bits per heavy atom. The van der Waals surface area contributed by atoms with Gasteiger partial charge >= 0.3 is 0 Å². The summed E-state index contributed by atoms with van der Waals surface area (Å²) >= 11 is 0. The van der Waals surface area contributed by atoms with Crippen LogP contribution in [0.5, 0.6) is 11.5 Å². The minimum Gasteiger partial charge on any atom is -0.497 e. The molecule has 0 saturated heterocycles. The van der Waals surface area contributed by atoms with Gasteiger partial charge in [-0.1, -0.05) is 36.4 Å². The van der Waals surface area contributed by atoms with E-state index >= 15 is 0 Å². The molecule has 1 heterocycles. The lowest BCUT2D eigenvalue weighted by Gasteiger charge is -2.14. The number of nitrogens with zero attached hydrogens (tertiary/aromatic N) is 1. The van der Waals surface area contributed by atoms with Gasteiger partial charge in [0, 0.05) is 24.5 Å². The maximum absolute atomic E-state index is 12.7. The van der Waals surface area contributed by atoms with Crippen LogP contribution in [0, 0.1) is 0 Å². The van der Waals surface area contributed by atoms with Gasteiger partial charge in [-0.3, -0.25) is 9.78 Å². The predicted octanol–water partition coefficient (Wildman–Crippen LogP) is 6.46. The first-order valence-corrected chi connectivity index (χ1v) is 12.2. The van der Waals surface area contributed by atoms with Gasteiger partial charge in [-0.25, -0.2) is 0 Å². The molecule has 0 aliphatic rings. The van der Waals surface area contributed by atoms with Gasteiger partial charge in [0.25, 0.3) is 0 Å². The molecule has 1 atom stereocenters. The van der Waals surface area contributed by atoms with E-state index in [-0.39, 0.29) is 11.9 Å². The van der Waals surface area contributed by atoms with E-state index in [4.69, 9.17) is 9.47 Å². The number of nitrogens with one attached hydrogen (secondary N) is 1. The van der Waals surface area contributed by atoms with Gasteiger partial charge in [0.05, 0.1) is 14.2 Å². The third-order valence-corrected chi connectivity index (χ3v) is 6.27. The number of aryl methyl sites for hydroxylation is 1. The van der Waals surface area contributed by atoms with E-state index < -0.39 is 0 Å². The first kappa shape index (κ1) is 25.0. The molecule has 0 fully saturated rings. The van der Waals surface area contributed by atoms with Crippen molar-refractivity contribution in [2.24, 2.45) is 0 Å². The molecule has 0 spiro atoms. The second kappa shape index (κ2) is 12.0. The summed E-state index contributed by atoms with van der Waals surface area (Å²) in [6.45, 7) is 2.04. The van der Waals surface area contributed by atoms with E-state index in [2.05, 4.69) is 28.5 Å². The normalized spacial score (nSPS) is 12.0. The molecule has 0 radical (unpaired) electrons. The largest absolute Gasteiger partial charge is 0.497 e. The third kappa shape index (κ3) is 6.30. The van der Waals surface area contributed by atoms with Gasteiger partial charge in [-0.15, -0.1) is 0 Å². The highest BCUT2D eigenvalue weighted by Crippen LogP contribution is 2.35. The molecule has 36 heavy (non-hydrogen) atoms. The number of methoxy groups -OCH3 is 2. The number of aromatic nitrogens is 1. The Labute approximate surface area is 212 Å². The van der Waals surface area contributed by atoms with Crippen molar-refractivity contribution >= 4 is 22.8 Å². The van der Waals surface area contributed by atoms with E-state index in [1.807, 2.05) is 67.7 Å². The SMILES string of the molecule is COc1ccc(-c2c(C=CC(=O)N[C@H](C)CCCc3cccnc3)ccc3cc(OC)ccc23)cc1. The van der Waals surface area contributed by atoms with Crippen molar-refractivity contribution in [2.75, 3.05) is 14.2 Å². The van der Waals surface area contributed by atoms with Crippen molar-refractivity contribution in [3.63, 3.8) is 0 Å². The van der Waals surface area contributed by atoms with Gasteiger partial charge in [0.15, 0.2) is 0 Å². The quantitative estimate of drug-likeness (QED) is 0.265. The van der Waals surface area contributed by atoms with Crippen LogP contribution >= 0.6 is 0 Å². The number of rotatable bonds is 10. The molecule has 0 aliphatic heterocycles. The molecule has 3 aromatic carbocycles. The van der Waals surface area contributed by atoms with Gasteiger partial charge in [-0.05, 0) is 95.6 Å². The molecule has 5 heteroatoms. The van der Waals surface area contributed by atoms with Crippen LogP contribution in [0.1, 0.15) is 30.9 Å². The Balaban J connectivity index is 1.51. The molecular formula is C31H32N2O3. The van der Waals surface area contributed by atoms with Gasteiger partial charge in [0.1, 0.15) is 11.5 Å². The van der Waals surface area contributed by atoms with Crippen LogP contribution < -0.4 is 14.8 Å². The summed E-state index contributed by atoms with van der Waals surface area (Å²) in [6, 6.07) is 22.3. The van der Waals surface area contributed by atoms with Crippen molar-refractivity contribution < 1.29 is 14.3 Å². The molecule has 1 amide bonds. The van der Waals surface area contributed by atoms with Crippen molar-refractivity contribution in [3.05, 3.63) is 96.3 Å². The number of carbonyl (C=O) groups is 1. The molecule has 0 aliphatic carbocycles. The van der Waals surface area contributed by atoms with Crippen LogP contribution in [0.15, 0.2) is 85.2 Å². The average molecular weight is 481 g/mol. The van der Waals surface area contributed by atoms with Gasteiger partial charge in [0.2, 0.25) is 5.91 Å². The molecule has 0 unspecified atom stereocenters. The first-order chi connectivity index (χ1) is 17.6. The van der Waals surface area contributed by atoms with Crippen LogP contribution in [0.4, 0.5) is 0 Å². The zero-order valence-electron chi connectivity index (χ0n) is 21.0. The number of fused-ring (bicyclic) bond motifs is 1. The minimum absolute atomic E-state index is 0.0870. The Kier molecular flexibility index (Phi) is 8.35. The lowest BCUT2D eigenvalue weighted by molar-refractivity contribution is -0.117. The van der Waals surface area contributed by atoms with E-state index in [9.17, 15) is 4.79 Å². The summed E-state index contributed by atoms with van der Waals surface area (Å²) in [5, 5.41) is 5.25. The third-order valence-electron chi connectivity index (χ3n) is 6.27. The summed E-state index contributed by atoms with van der Waals surface area (Å²) in [5.41, 5.74) is 4.30. The molecular weight excluding hydrogens is 448 g/mol. The van der Waals surface area contributed by atoms with Gasteiger partial charge < -0.3 is 14.8 Å². The Bertz CT molecular complexity index is 1330. The van der Waals surface area contributed by atoms with Crippen LogP contribution in [0.2, 0.25) is 0 Å². The Hall–Kier alpha value is -4.12. The van der Waals surface area contributed by atoms with Crippen molar-refractivity contribution in [1.82, 2.24) is 10.3 Å². The summed E-state index contributed by atoms with van der Waals surface area (Å²) in [5.74, 6) is 1.51. The highest BCUT2D eigenvalue weighted by atomic mass is 16.5. The highest BCUT2D eigenvalue weighted by molar-refractivity contribution is 6.03. The van der Waals surface area contributed by atoms with E-state index in [1.165, 1.54) is 5.56 Å². The molecule has 4 rings (SSSR count). The van der Waals surface area contributed by atoms with E-state index in [0.717, 1.165) is 58.2 Å². The number of hydrogen-bond donors (Lipinski definition) is 1. The number of benzene rings is 3. The fourth-order valence-electron chi connectivity index (χ4n) is 4.36. The number of hydrogen-bond acceptors (Lipinski definition) is 4. The van der Waals surface area contributed by atoms with Crippen molar-refractivity contribution in [2.45, 2.75) is 32.2 Å². The standard InChI is InChI=1S/C31H32N2O3/c1-22(6-4-7-23-8-5-19-32-21-23)33-30(34)18-13-24-9-10-26-20-28(36-3)16-17-29(26)31(24)25-11-14-27(35-2)15-12-25/h5,8-22H,4,6-7H2,1-3H3,(H,33,34)/t22-/m1/s1.